The Balaban J connectivity index is 1.92. The summed E-state index contributed by atoms with van der Waals surface area (Å²) in [5.41, 5.74) is 5.51. The molecular weight excluding hydrogens is 160 g/mol. The topological polar surface area (TPSA) is 29.3 Å². The molecule has 0 spiro atoms. The maximum Gasteiger partial charge on any atom is 0.00933 e. The van der Waals surface area contributed by atoms with Gasteiger partial charge in [0.15, 0.2) is 0 Å². The maximum atomic E-state index is 5.51. The van der Waals surface area contributed by atoms with Gasteiger partial charge in [-0.15, -0.1) is 0 Å². The number of hydrogen-bond acceptors (Lipinski definition) is 2. The van der Waals surface area contributed by atoms with Gasteiger partial charge in [-0.05, 0) is 58.2 Å². The molecular formula is C11H24N2. The Hall–Kier alpha value is -0.0800. The third-order valence-corrected chi connectivity index (χ3v) is 3.04. The zero-order chi connectivity index (χ0) is 9.68. The molecule has 0 aliphatic heterocycles. The summed E-state index contributed by atoms with van der Waals surface area (Å²) in [6.45, 7) is 4.43. The van der Waals surface area contributed by atoms with Crippen molar-refractivity contribution < 1.29 is 0 Å². The van der Waals surface area contributed by atoms with Gasteiger partial charge < -0.3 is 10.6 Å². The van der Waals surface area contributed by atoms with Crippen molar-refractivity contribution in [3.05, 3.63) is 0 Å². The Morgan fingerprint density at radius 1 is 1.38 bits per heavy atom. The molecule has 2 N–H and O–H groups in total. The van der Waals surface area contributed by atoms with Gasteiger partial charge in [-0.3, -0.25) is 0 Å². The molecule has 2 nitrogen and oxygen atoms in total. The standard InChI is InChI=1S/C11H24N2/c1-10(7-8-12)4-3-9-13(2)11-5-6-11/h10-11H,3-9,12H2,1-2H3. The van der Waals surface area contributed by atoms with Crippen molar-refractivity contribution in [1.82, 2.24) is 4.90 Å². The molecule has 0 aromatic rings. The van der Waals surface area contributed by atoms with E-state index in [0.29, 0.717) is 0 Å². The second kappa shape index (κ2) is 5.61. The van der Waals surface area contributed by atoms with Gasteiger partial charge in [0.2, 0.25) is 0 Å². The van der Waals surface area contributed by atoms with E-state index < -0.39 is 0 Å². The van der Waals surface area contributed by atoms with Crippen LogP contribution in [0.3, 0.4) is 0 Å². The van der Waals surface area contributed by atoms with Crippen LogP contribution in [0.1, 0.15) is 39.0 Å². The van der Waals surface area contributed by atoms with Crippen LogP contribution in [0.2, 0.25) is 0 Å². The molecule has 0 bridgehead atoms. The molecule has 1 atom stereocenters. The Labute approximate surface area is 82.5 Å². The second-order valence-corrected chi connectivity index (χ2v) is 4.54. The largest absolute Gasteiger partial charge is 0.330 e. The van der Waals surface area contributed by atoms with Gasteiger partial charge in [-0.2, -0.15) is 0 Å². The van der Waals surface area contributed by atoms with E-state index in [0.717, 1.165) is 18.5 Å². The molecule has 1 saturated carbocycles. The number of nitrogens with two attached hydrogens (primary N) is 1. The molecule has 1 fully saturated rings. The van der Waals surface area contributed by atoms with E-state index >= 15 is 0 Å². The number of nitrogens with zero attached hydrogens (tertiary/aromatic N) is 1. The Bertz CT molecular complexity index is 132. The fourth-order valence-corrected chi connectivity index (χ4v) is 1.82. The highest BCUT2D eigenvalue weighted by Crippen LogP contribution is 2.25. The van der Waals surface area contributed by atoms with Gasteiger partial charge in [-0.1, -0.05) is 6.92 Å². The summed E-state index contributed by atoms with van der Waals surface area (Å²) in [7, 11) is 2.26. The first kappa shape index (κ1) is 11.0. The predicted octanol–water partition coefficient (Wildman–Crippen LogP) is 1.85. The first-order valence-corrected chi connectivity index (χ1v) is 5.64. The minimum Gasteiger partial charge on any atom is -0.330 e. The van der Waals surface area contributed by atoms with Crippen molar-refractivity contribution in [2.24, 2.45) is 11.7 Å². The molecule has 0 amide bonds. The molecule has 0 aromatic heterocycles. The van der Waals surface area contributed by atoms with E-state index in [9.17, 15) is 0 Å². The molecule has 0 aromatic carbocycles. The van der Waals surface area contributed by atoms with E-state index in [2.05, 4.69) is 18.9 Å². The highest BCUT2D eigenvalue weighted by Gasteiger charge is 2.25. The lowest BCUT2D eigenvalue weighted by atomic mass is 10.0. The summed E-state index contributed by atoms with van der Waals surface area (Å²) in [6, 6.07) is 0.921. The average Bonchev–Trinajstić information content (AvgIpc) is 2.86. The predicted molar refractivity (Wildman–Crippen MR) is 57.7 cm³/mol. The van der Waals surface area contributed by atoms with E-state index in [1.165, 1.54) is 38.6 Å². The van der Waals surface area contributed by atoms with E-state index in [1.807, 2.05) is 0 Å². The quantitative estimate of drug-likeness (QED) is 0.654. The maximum absolute atomic E-state index is 5.51. The second-order valence-electron chi connectivity index (χ2n) is 4.54. The van der Waals surface area contributed by atoms with Crippen molar-refractivity contribution in [3.63, 3.8) is 0 Å². The molecule has 0 radical (unpaired) electrons. The van der Waals surface area contributed by atoms with Gasteiger partial charge in [0, 0.05) is 6.04 Å². The summed E-state index contributed by atoms with van der Waals surface area (Å²) in [5.74, 6) is 0.817. The first-order chi connectivity index (χ1) is 6.24. The van der Waals surface area contributed by atoms with Crippen molar-refractivity contribution in [1.29, 1.82) is 0 Å². The molecule has 1 rings (SSSR count). The number of rotatable bonds is 7. The van der Waals surface area contributed by atoms with Crippen LogP contribution in [0.25, 0.3) is 0 Å². The van der Waals surface area contributed by atoms with E-state index in [1.54, 1.807) is 0 Å². The molecule has 0 heterocycles. The van der Waals surface area contributed by atoms with Gasteiger partial charge in [-0.25, -0.2) is 0 Å². The highest BCUT2D eigenvalue weighted by molar-refractivity contribution is 4.82. The van der Waals surface area contributed by atoms with E-state index in [4.69, 9.17) is 5.73 Å². The molecule has 78 valence electrons. The lowest BCUT2D eigenvalue weighted by molar-refractivity contribution is 0.304. The third kappa shape index (κ3) is 4.63. The van der Waals surface area contributed by atoms with Gasteiger partial charge in [0.25, 0.3) is 0 Å². The fraction of sp³-hybridized carbons (Fsp3) is 1.00. The molecule has 2 heteroatoms. The Morgan fingerprint density at radius 2 is 2.08 bits per heavy atom. The molecule has 13 heavy (non-hydrogen) atoms. The van der Waals surface area contributed by atoms with Crippen LogP contribution in [0.5, 0.6) is 0 Å². The minimum atomic E-state index is 0.817. The normalized spacial score (nSPS) is 19.4. The van der Waals surface area contributed by atoms with Crippen LogP contribution >= 0.6 is 0 Å². The Morgan fingerprint density at radius 3 is 2.62 bits per heavy atom. The molecule has 1 aliphatic rings. The van der Waals surface area contributed by atoms with Crippen molar-refractivity contribution in [2.75, 3.05) is 20.1 Å². The van der Waals surface area contributed by atoms with Crippen LogP contribution in [0.15, 0.2) is 0 Å². The van der Waals surface area contributed by atoms with Crippen LogP contribution in [0.4, 0.5) is 0 Å². The lowest BCUT2D eigenvalue weighted by Crippen LogP contribution is -2.22. The van der Waals surface area contributed by atoms with Gasteiger partial charge in [0.05, 0.1) is 0 Å². The summed E-state index contributed by atoms with van der Waals surface area (Å²) < 4.78 is 0. The van der Waals surface area contributed by atoms with Crippen molar-refractivity contribution in [3.8, 4) is 0 Å². The van der Waals surface area contributed by atoms with Crippen LogP contribution in [-0.4, -0.2) is 31.1 Å². The monoisotopic (exact) mass is 184 g/mol. The average molecular weight is 184 g/mol. The lowest BCUT2D eigenvalue weighted by Gasteiger charge is -2.16. The van der Waals surface area contributed by atoms with Gasteiger partial charge >= 0.3 is 0 Å². The minimum absolute atomic E-state index is 0.817. The zero-order valence-corrected chi connectivity index (χ0v) is 9.13. The SMILES string of the molecule is CC(CCN)CCCN(C)C1CC1. The smallest absolute Gasteiger partial charge is 0.00933 e. The van der Waals surface area contributed by atoms with Crippen LogP contribution in [0, 0.1) is 5.92 Å². The summed E-state index contributed by atoms with van der Waals surface area (Å²) in [5, 5.41) is 0. The molecule has 1 aliphatic carbocycles. The summed E-state index contributed by atoms with van der Waals surface area (Å²) >= 11 is 0. The van der Waals surface area contributed by atoms with Crippen LogP contribution in [-0.2, 0) is 0 Å². The fourth-order valence-electron chi connectivity index (χ4n) is 1.82. The number of hydrogen-bond donors (Lipinski definition) is 1. The first-order valence-electron chi connectivity index (χ1n) is 5.64. The highest BCUT2D eigenvalue weighted by atomic mass is 15.1. The summed E-state index contributed by atoms with van der Waals surface area (Å²) in [4.78, 5) is 2.51. The van der Waals surface area contributed by atoms with Crippen LogP contribution < -0.4 is 5.73 Å². The van der Waals surface area contributed by atoms with E-state index in [-0.39, 0.29) is 0 Å². The summed E-state index contributed by atoms with van der Waals surface area (Å²) in [6.07, 6.45) is 6.72. The Kier molecular flexibility index (Phi) is 4.74. The van der Waals surface area contributed by atoms with Crippen molar-refractivity contribution >= 4 is 0 Å². The molecule has 1 unspecified atom stereocenters. The van der Waals surface area contributed by atoms with Crippen molar-refractivity contribution in [2.45, 2.75) is 45.1 Å². The third-order valence-electron chi connectivity index (χ3n) is 3.04. The molecule has 0 saturated heterocycles. The van der Waals surface area contributed by atoms with Gasteiger partial charge in [0.1, 0.15) is 0 Å². The zero-order valence-electron chi connectivity index (χ0n) is 9.13.